The number of piperidine rings is 1. The number of aliphatic hydroxyl groups excluding tert-OH is 1. The van der Waals surface area contributed by atoms with Crippen LogP contribution in [0, 0.1) is 5.92 Å². The smallest absolute Gasteiger partial charge is 0.229 e. The van der Waals surface area contributed by atoms with Gasteiger partial charge in [0.1, 0.15) is 0 Å². The van der Waals surface area contributed by atoms with Crippen molar-refractivity contribution in [2.45, 2.75) is 38.7 Å². The van der Waals surface area contributed by atoms with Crippen molar-refractivity contribution in [2.75, 3.05) is 13.1 Å². The number of hydrogen-bond donors (Lipinski definition) is 1. The van der Waals surface area contributed by atoms with Gasteiger partial charge in [-0.25, -0.2) is 0 Å². The van der Waals surface area contributed by atoms with Gasteiger partial charge in [-0.15, -0.1) is 0 Å². The highest BCUT2D eigenvalue weighted by Gasteiger charge is 2.28. The van der Waals surface area contributed by atoms with E-state index in [0.29, 0.717) is 5.92 Å². The SMILES string of the molecule is CC(C(=O)N1CCC(C(C)O)CC1)c1ccc2ccccc2c1. The van der Waals surface area contributed by atoms with Crippen molar-refractivity contribution >= 4 is 16.7 Å². The number of aliphatic hydroxyl groups is 1. The van der Waals surface area contributed by atoms with Gasteiger partial charge in [-0.1, -0.05) is 42.5 Å². The Morgan fingerprint density at radius 3 is 2.39 bits per heavy atom. The summed E-state index contributed by atoms with van der Waals surface area (Å²) in [7, 11) is 0. The molecular weight excluding hydrogens is 286 g/mol. The molecule has 0 saturated carbocycles. The van der Waals surface area contributed by atoms with E-state index >= 15 is 0 Å². The highest BCUT2D eigenvalue weighted by molar-refractivity contribution is 5.87. The second-order valence-electron chi connectivity index (χ2n) is 6.73. The molecule has 23 heavy (non-hydrogen) atoms. The van der Waals surface area contributed by atoms with E-state index in [1.54, 1.807) is 0 Å². The Kier molecular flexibility index (Phi) is 4.67. The normalized spacial score (nSPS) is 18.8. The molecule has 3 heteroatoms. The van der Waals surface area contributed by atoms with Gasteiger partial charge in [0.2, 0.25) is 5.91 Å². The van der Waals surface area contributed by atoms with Crippen LogP contribution in [-0.4, -0.2) is 35.1 Å². The van der Waals surface area contributed by atoms with Gasteiger partial charge in [0.25, 0.3) is 0 Å². The zero-order valence-electron chi connectivity index (χ0n) is 13.9. The monoisotopic (exact) mass is 311 g/mol. The molecule has 0 spiro atoms. The van der Waals surface area contributed by atoms with E-state index in [4.69, 9.17) is 0 Å². The fourth-order valence-corrected chi connectivity index (χ4v) is 3.50. The summed E-state index contributed by atoms with van der Waals surface area (Å²) in [6, 6.07) is 14.5. The lowest BCUT2D eigenvalue weighted by Gasteiger charge is -2.34. The van der Waals surface area contributed by atoms with Crippen LogP contribution in [-0.2, 0) is 4.79 Å². The third kappa shape index (κ3) is 3.40. The average molecular weight is 311 g/mol. The molecule has 0 radical (unpaired) electrons. The fourth-order valence-electron chi connectivity index (χ4n) is 3.50. The summed E-state index contributed by atoms with van der Waals surface area (Å²) in [5.74, 6) is 0.405. The van der Waals surface area contributed by atoms with Crippen LogP contribution in [0.4, 0.5) is 0 Å². The molecule has 1 amide bonds. The zero-order valence-corrected chi connectivity index (χ0v) is 13.9. The molecule has 1 aliphatic rings. The lowest BCUT2D eigenvalue weighted by Crippen LogP contribution is -2.42. The van der Waals surface area contributed by atoms with E-state index in [0.717, 1.165) is 31.5 Å². The van der Waals surface area contributed by atoms with Gasteiger partial charge < -0.3 is 10.0 Å². The lowest BCUT2D eigenvalue weighted by molar-refractivity contribution is -0.134. The van der Waals surface area contributed by atoms with Crippen LogP contribution < -0.4 is 0 Å². The van der Waals surface area contributed by atoms with Crippen LogP contribution in [0.5, 0.6) is 0 Å². The summed E-state index contributed by atoms with van der Waals surface area (Å²) in [5.41, 5.74) is 1.08. The Balaban J connectivity index is 1.71. The Bertz CT molecular complexity index is 687. The minimum absolute atomic E-state index is 0.122. The van der Waals surface area contributed by atoms with E-state index in [9.17, 15) is 9.90 Å². The number of fused-ring (bicyclic) bond motifs is 1. The van der Waals surface area contributed by atoms with Crippen molar-refractivity contribution < 1.29 is 9.90 Å². The summed E-state index contributed by atoms with van der Waals surface area (Å²) in [5, 5.41) is 12.1. The quantitative estimate of drug-likeness (QED) is 0.941. The molecule has 1 saturated heterocycles. The predicted molar refractivity (Wildman–Crippen MR) is 93.3 cm³/mol. The van der Waals surface area contributed by atoms with Crippen LogP contribution in [0.2, 0.25) is 0 Å². The molecule has 122 valence electrons. The first-order valence-electron chi connectivity index (χ1n) is 8.52. The van der Waals surface area contributed by atoms with E-state index in [1.807, 2.05) is 30.9 Å². The number of amides is 1. The van der Waals surface area contributed by atoms with Crippen LogP contribution >= 0.6 is 0 Å². The van der Waals surface area contributed by atoms with Crippen LogP contribution in [0.3, 0.4) is 0 Å². The molecular formula is C20H25NO2. The molecule has 2 aromatic carbocycles. The van der Waals surface area contributed by atoms with Crippen molar-refractivity contribution in [1.29, 1.82) is 0 Å². The summed E-state index contributed by atoms with van der Waals surface area (Å²) in [4.78, 5) is 14.7. The summed E-state index contributed by atoms with van der Waals surface area (Å²) >= 11 is 0. The molecule has 0 aliphatic carbocycles. The Hall–Kier alpha value is -1.87. The van der Waals surface area contributed by atoms with Crippen LogP contribution in [0.1, 0.15) is 38.2 Å². The first-order chi connectivity index (χ1) is 11.1. The van der Waals surface area contributed by atoms with Gasteiger partial charge in [-0.05, 0) is 48.9 Å². The molecule has 0 bridgehead atoms. The van der Waals surface area contributed by atoms with E-state index < -0.39 is 0 Å². The Labute approximate surface area is 137 Å². The van der Waals surface area contributed by atoms with E-state index in [2.05, 4.69) is 30.3 Å². The van der Waals surface area contributed by atoms with Gasteiger partial charge in [-0.2, -0.15) is 0 Å². The average Bonchev–Trinajstić information content (AvgIpc) is 2.60. The third-order valence-corrected chi connectivity index (χ3v) is 5.18. The van der Waals surface area contributed by atoms with Crippen LogP contribution in [0.15, 0.2) is 42.5 Å². The lowest BCUT2D eigenvalue weighted by atomic mass is 9.90. The van der Waals surface area contributed by atoms with Gasteiger partial charge in [0.05, 0.1) is 12.0 Å². The summed E-state index contributed by atoms with van der Waals surface area (Å²) < 4.78 is 0. The van der Waals surface area contributed by atoms with E-state index in [1.165, 1.54) is 10.8 Å². The maximum Gasteiger partial charge on any atom is 0.229 e. The second kappa shape index (κ2) is 6.71. The number of benzene rings is 2. The number of carbonyl (C=O) groups is 1. The van der Waals surface area contributed by atoms with Gasteiger partial charge in [0, 0.05) is 13.1 Å². The number of likely N-dealkylation sites (tertiary alicyclic amines) is 1. The third-order valence-electron chi connectivity index (χ3n) is 5.18. The van der Waals surface area contributed by atoms with Crippen molar-refractivity contribution in [3.05, 3.63) is 48.0 Å². The molecule has 1 fully saturated rings. The largest absolute Gasteiger partial charge is 0.393 e. The Morgan fingerprint density at radius 1 is 1.09 bits per heavy atom. The highest BCUT2D eigenvalue weighted by atomic mass is 16.3. The first kappa shape index (κ1) is 16.0. The van der Waals surface area contributed by atoms with Gasteiger partial charge in [-0.3, -0.25) is 4.79 Å². The molecule has 0 aromatic heterocycles. The zero-order chi connectivity index (χ0) is 16.4. The highest BCUT2D eigenvalue weighted by Crippen LogP contribution is 2.26. The van der Waals surface area contributed by atoms with Crippen molar-refractivity contribution in [3.63, 3.8) is 0 Å². The minimum atomic E-state index is -0.273. The topological polar surface area (TPSA) is 40.5 Å². The van der Waals surface area contributed by atoms with E-state index in [-0.39, 0.29) is 17.9 Å². The number of hydrogen-bond acceptors (Lipinski definition) is 2. The number of rotatable bonds is 3. The maximum atomic E-state index is 12.8. The van der Waals surface area contributed by atoms with Gasteiger partial charge in [0.15, 0.2) is 0 Å². The number of nitrogens with zero attached hydrogens (tertiary/aromatic N) is 1. The molecule has 2 unspecified atom stereocenters. The molecule has 1 heterocycles. The second-order valence-corrected chi connectivity index (χ2v) is 6.73. The maximum absolute atomic E-state index is 12.8. The molecule has 3 nitrogen and oxygen atoms in total. The van der Waals surface area contributed by atoms with Crippen molar-refractivity contribution in [2.24, 2.45) is 5.92 Å². The predicted octanol–water partition coefficient (Wildman–Crippen LogP) is 3.56. The first-order valence-corrected chi connectivity index (χ1v) is 8.52. The fraction of sp³-hybridized carbons (Fsp3) is 0.450. The molecule has 2 atom stereocenters. The van der Waals surface area contributed by atoms with Crippen molar-refractivity contribution in [1.82, 2.24) is 4.90 Å². The summed E-state index contributed by atoms with van der Waals surface area (Å²) in [6.45, 7) is 5.35. The van der Waals surface area contributed by atoms with Crippen LogP contribution in [0.25, 0.3) is 10.8 Å². The molecule has 3 rings (SSSR count). The standard InChI is InChI=1S/C20H25NO2/c1-14(18-8-7-17-5-3-4-6-19(17)13-18)20(23)21-11-9-16(10-12-21)15(2)22/h3-8,13-16,22H,9-12H2,1-2H3. The summed E-state index contributed by atoms with van der Waals surface area (Å²) in [6.07, 6.45) is 1.52. The van der Waals surface area contributed by atoms with Gasteiger partial charge >= 0.3 is 0 Å². The molecule has 1 aliphatic heterocycles. The number of carbonyl (C=O) groups excluding carboxylic acids is 1. The Morgan fingerprint density at radius 2 is 1.74 bits per heavy atom. The minimum Gasteiger partial charge on any atom is -0.393 e. The molecule has 2 aromatic rings. The van der Waals surface area contributed by atoms with Crippen molar-refractivity contribution in [3.8, 4) is 0 Å². The molecule has 1 N–H and O–H groups in total.